The molecule has 1 atom stereocenters. The Hall–Kier alpha value is -3.38. The monoisotopic (exact) mass is 467 g/mol. The number of anilines is 2. The van der Waals surface area contributed by atoms with Crippen LogP contribution in [0.5, 0.6) is 0 Å². The number of carbonyl (C=O) groups is 1. The van der Waals surface area contributed by atoms with E-state index in [1.807, 2.05) is 4.90 Å². The Morgan fingerprint density at radius 3 is 2.58 bits per heavy atom. The number of nitrogens with zero attached hydrogens (tertiary/aromatic N) is 7. The number of hydrogen-bond acceptors (Lipinski definition) is 6. The van der Waals surface area contributed by atoms with Crippen molar-refractivity contribution < 1.29 is 26.7 Å². The minimum atomic E-state index is -4.50. The topological polar surface area (TPSA) is 80.0 Å². The fourth-order valence-corrected chi connectivity index (χ4v) is 4.48. The highest BCUT2D eigenvalue weighted by molar-refractivity contribution is 5.95. The van der Waals surface area contributed by atoms with Crippen LogP contribution in [0.1, 0.15) is 18.4 Å². The number of amides is 1. The van der Waals surface area contributed by atoms with Crippen molar-refractivity contribution in [2.45, 2.75) is 32.0 Å². The van der Waals surface area contributed by atoms with E-state index in [4.69, 9.17) is 0 Å². The summed E-state index contributed by atoms with van der Waals surface area (Å²) < 4.78 is 65.1. The molecule has 3 aromatic heterocycles. The average Bonchev–Trinajstić information content (AvgIpc) is 3.44. The van der Waals surface area contributed by atoms with Gasteiger partial charge in [-0.05, 0) is 18.6 Å². The summed E-state index contributed by atoms with van der Waals surface area (Å²) in [5.41, 5.74) is -0.628. The van der Waals surface area contributed by atoms with Crippen LogP contribution in [0.3, 0.4) is 0 Å². The van der Waals surface area contributed by atoms with Gasteiger partial charge in [0.05, 0.1) is 18.0 Å². The number of hydrogen-bond donors (Lipinski definition) is 0. The lowest BCUT2D eigenvalue weighted by Gasteiger charge is -2.24. The molecule has 8 nitrogen and oxygen atoms in total. The lowest BCUT2D eigenvalue weighted by molar-refractivity contribution is -0.137. The predicted molar refractivity (Wildman–Crippen MR) is 107 cm³/mol. The molecule has 2 fully saturated rings. The van der Waals surface area contributed by atoms with Crippen LogP contribution in [0, 0.1) is 5.41 Å². The maximum atomic E-state index is 12.8. The number of fused-ring (bicyclic) bond motifs is 1. The molecule has 3 aromatic rings. The summed E-state index contributed by atoms with van der Waals surface area (Å²) >= 11 is 0. The first-order valence-electron chi connectivity index (χ1n) is 10.2. The lowest BCUT2D eigenvalue weighted by atomic mass is 9.86. The van der Waals surface area contributed by atoms with Crippen molar-refractivity contribution in [3.63, 3.8) is 0 Å². The van der Waals surface area contributed by atoms with Crippen LogP contribution in [0.2, 0.25) is 0 Å². The van der Waals surface area contributed by atoms with Crippen LogP contribution in [-0.2, 0) is 17.5 Å². The van der Waals surface area contributed by atoms with Crippen molar-refractivity contribution in [1.82, 2.24) is 24.7 Å². The summed E-state index contributed by atoms with van der Waals surface area (Å²) in [6.07, 6.45) is -2.55. The highest BCUT2D eigenvalue weighted by Crippen LogP contribution is 2.42. The van der Waals surface area contributed by atoms with Crippen molar-refractivity contribution in [1.29, 1.82) is 0 Å². The normalized spacial score (nSPS) is 21.3. The minimum Gasteiger partial charge on any atom is -0.355 e. The van der Waals surface area contributed by atoms with E-state index in [0.29, 0.717) is 37.4 Å². The minimum absolute atomic E-state index is 0.181. The first-order chi connectivity index (χ1) is 15.6. The first kappa shape index (κ1) is 21.5. The number of halogens is 5. The van der Waals surface area contributed by atoms with Crippen molar-refractivity contribution in [2.75, 3.05) is 29.4 Å². The molecule has 0 N–H and O–H groups in total. The zero-order chi connectivity index (χ0) is 23.4. The highest BCUT2D eigenvalue weighted by atomic mass is 19.4. The Morgan fingerprint density at radius 2 is 1.88 bits per heavy atom. The van der Waals surface area contributed by atoms with E-state index in [-0.39, 0.29) is 23.8 Å². The van der Waals surface area contributed by atoms with E-state index >= 15 is 0 Å². The van der Waals surface area contributed by atoms with Gasteiger partial charge in [0.15, 0.2) is 5.65 Å². The second-order valence-corrected chi connectivity index (χ2v) is 8.39. The largest absolute Gasteiger partial charge is 0.417 e. The molecule has 0 saturated carbocycles. The van der Waals surface area contributed by atoms with Crippen molar-refractivity contribution in [3.8, 4) is 0 Å². The second kappa shape index (κ2) is 7.59. The molecule has 1 amide bonds. The van der Waals surface area contributed by atoms with Gasteiger partial charge in [0.1, 0.15) is 23.7 Å². The molecule has 33 heavy (non-hydrogen) atoms. The maximum absolute atomic E-state index is 12.8. The van der Waals surface area contributed by atoms with E-state index < -0.39 is 30.1 Å². The third-order valence-electron chi connectivity index (χ3n) is 6.08. The summed E-state index contributed by atoms with van der Waals surface area (Å²) in [5.74, 6) is 0.468. The Kier molecular flexibility index (Phi) is 4.94. The molecule has 5 heterocycles. The maximum Gasteiger partial charge on any atom is 0.417 e. The molecule has 0 radical (unpaired) electrons. The average molecular weight is 467 g/mol. The molecule has 0 aliphatic carbocycles. The number of carbonyl (C=O) groups excluding carboxylic acids is 1. The van der Waals surface area contributed by atoms with Gasteiger partial charge in [-0.3, -0.25) is 9.69 Å². The summed E-state index contributed by atoms with van der Waals surface area (Å²) in [6, 6.07) is 2.12. The molecule has 13 heteroatoms. The van der Waals surface area contributed by atoms with Crippen LogP contribution in [0.25, 0.3) is 11.2 Å². The van der Waals surface area contributed by atoms with E-state index in [9.17, 15) is 26.7 Å². The summed E-state index contributed by atoms with van der Waals surface area (Å²) in [7, 11) is 0. The molecule has 0 bridgehead atoms. The van der Waals surface area contributed by atoms with E-state index in [2.05, 4.69) is 20.1 Å². The third kappa shape index (κ3) is 3.95. The van der Waals surface area contributed by atoms with Crippen LogP contribution < -0.4 is 9.80 Å². The smallest absolute Gasteiger partial charge is 0.355 e. The molecule has 1 spiro atoms. The Balaban J connectivity index is 1.34. The van der Waals surface area contributed by atoms with Crippen molar-refractivity contribution in [2.24, 2.45) is 5.41 Å². The zero-order valence-electron chi connectivity index (χ0n) is 17.1. The van der Waals surface area contributed by atoms with Crippen LogP contribution >= 0.6 is 0 Å². The number of pyridine rings is 1. The Bertz CT molecular complexity index is 1200. The van der Waals surface area contributed by atoms with Crippen molar-refractivity contribution >= 4 is 28.7 Å². The molecule has 2 saturated heterocycles. The Morgan fingerprint density at radius 1 is 1.06 bits per heavy atom. The van der Waals surface area contributed by atoms with Gasteiger partial charge in [-0.15, -0.1) is 0 Å². The molecule has 2 aliphatic rings. The summed E-state index contributed by atoms with van der Waals surface area (Å²) in [4.78, 5) is 28.6. The van der Waals surface area contributed by atoms with Gasteiger partial charge in [0.25, 0.3) is 6.43 Å². The van der Waals surface area contributed by atoms with Crippen molar-refractivity contribution in [3.05, 3.63) is 36.3 Å². The molecule has 1 unspecified atom stereocenters. The van der Waals surface area contributed by atoms with E-state index in [1.165, 1.54) is 17.2 Å². The molecular formula is C20H18F5N7O. The van der Waals surface area contributed by atoms with Crippen LogP contribution in [0.4, 0.5) is 33.6 Å². The van der Waals surface area contributed by atoms with Gasteiger partial charge in [0, 0.05) is 37.7 Å². The third-order valence-corrected chi connectivity index (χ3v) is 6.08. The second-order valence-electron chi connectivity index (χ2n) is 8.39. The van der Waals surface area contributed by atoms with Gasteiger partial charge in [-0.2, -0.15) is 18.3 Å². The summed E-state index contributed by atoms with van der Waals surface area (Å²) in [5, 5.41) is 3.91. The fourth-order valence-electron chi connectivity index (χ4n) is 4.48. The van der Waals surface area contributed by atoms with Gasteiger partial charge in [0.2, 0.25) is 5.91 Å². The number of alkyl halides is 5. The van der Waals surface area contributed by atoms with Crippen LogP contribution in [-0.4, -0.2) is 56.7 Å². The molecule has 5 rings (SSSR count). The zero-order valence-corrected chi connectivity index (χ0v) is 17.1. The van der Waals surface area contributed by atoms with E-state index in [0.717, 1.165) is 16.9 Å². The SMILES string of the molecule is O=C1CC2(CCN(c3cnc4cnn(CC(F)F)c4n3)C2)CN1c1ccc(C(F)(F)F)cn1. The summed E-state index contributed by atoms with van der Waals surface area (Å²) in [6.45, 7) is 0.776. The lowest BCUT2D eigenvalue weighted by Crippen LogP contribution is -2.32. The standard InChI is InChI=1S/C20H18F5N7O/c21-14(22)9-32-18-13(7-28-32)26-8-16(29-18)30-4-3-19(10-30)5-17(33)31(11-19)15-2-1-12(6-27-15)20(23,24)25/h1-2,6-8,14H,3-5,9-11H2. The molecule has 0 aromatic carbocycles. The molecule has 2 aliphatic heterocycles. The fraction of sp³-hybridized carbons (Fsp3) is 0.450. The quantitative estimate of drug-likeness (QED) is 0.549. The predicted octanol–water partition coefficient (Wildman–Crippen LogP) is 3.14. The molecular weight excluding hydrogens is 449 g/mol. The number of rotatable bonds is 4. The highest BCUT2D eigenvalue weighted by Gasteiger charge is 2.48. The van der Waals surface area contributed by atoms with E-state index in [1.54, 1.807) is 6.20 Å². The van der Waals surface area contributed by atoms with Crippen LogP contribution in [0.15, 0.2) is 30.7 Å². The first-order valence-corrected chi connectivity index (χ1v) is 10.2. The van der Waals surface area contributed by atoms with Gasteiger partial charge in [-0.25, -0.2) is 28.4 Å². The van der Waals surface area contributed by atoms with Gasteiger partial charge < -0.3 is 4.90 Å². The van der Waals surface area contributed by atoms with Gasteiger partial charge >= 0.3 is 6.18 Å². The molecule has 174 valence electrons. The Labute approximate surface area is 184 Å². The van der Waals surface area contributed by atoms with Gasteiger partial charge in [-0.1, -0.05) is 0 Å². The number of aromatic nitrogens is 5.